The quantitative estimate of drug-likeness (QED) is 0.0414. The summed E-state index contributed by atoms with van der Waals surface area (Å²) in [4.78, 5) is 69.6. The molecule has 0 saturated carbocycles. The van der Waals surface area contributed by atoms with Crippen LogP contribution in [0.25, 0.3) is 0 Å². The summed E-state index contributed by atoms with van der Waals surface area (Å²) in [5, 5.41) is 0. The molecule has 0 fully saturated rings. The first kappa shape index (κ1) is 64.5. The minimum absolute atomic E-state index is 0.240. The second kappa shape index (κ2) is 27.4. The molecule has 0 aliphatic rings. The van der Waals surface area contributed by atoms with Crippen LogP contribution in [0.5, 0.6) is 0 Å². The van der Waals surface area contributed by atoms with Gasteiger partial charge in [0.1, 0.15) is 33.6 Å². The average Bonchev–Trinajstić information content (AvgIpc) is 3.17. The molecular weight excluding hydrogens is 873 g/mol. The molecule has 0 bridgehead atoms. The lowest BCUT2D eigenvalue weighted by Crippen LogP contribution is -2.35. The highest BCUT2D eigenvalue weighted by Crippen LogP contribution is 2.31. The van der Waals surface area contributed by atoms with Crippen LogP contribution in [-0.4, -0.2) is 84.6 Å². The number of carbonyl (C=O) groups excluding carboxylic acids is 6. The number of rotatable bonds is 24. The van der Waals surface area contributed by atoms with Gasteiger partial charge in [0.15, 0.2) is 0 Å². The van der Waals surface area contributed by atoms with Gasteiger partial charge >= 0.3 is 35.8 Å². The Morgan fingerprint density at radius 1 is 0.353 bits per heavy atom. The Balaban J connectivity index is 0. The Morgan fingerprint density at radius 2 is 0.544 bits per heavy atom. The van der Waals surface area contributed by atoms with Crippen molar-refractivity contribution in [3.8, 4) is 0 Å². The second-order valence-corrected chi connectivity index (χ2v) is 20.3. The van der Waals surface area contributed by atoms with E-state index >= 15 is 0 Å². The van der Waals surface area contributed by atoms with E-state index in [0.29, 0.717) is 59.5 Å². The first-order valence-electron chi connectivity index (χ1n) is 22.2. The Kier molecular flexibility index (Phi) is 26.0. The summed E-state index contributed by atoms with van der Waals surface area (Å²) in [6, 6.07) is 7.43. The standard InChI is InChI=1S/C20H26O4.C18H30O6.C16H26O4/c1-13(2)17(21)23-19(5,6)15-9-11-16(12-10-15)20(7,8)24-18(22)14(3)4;1-13(2)15(19)23-17(5,6)11-21-9-10-22-12-18(7,8)24-16(20)14(3)4;1-11(2)13(17)19-15(5,6)9-10-16(7,8)20-14(18)12(3)4/h9-12H,1,3H2,2,4-8H3;1,3,9-12H2,2,4-8H3;1,3,9-10H2,2,4-8H3. The molecule has 14 heteroatoms. The van der Waals surface area contributed by atoms with Gasteiger partial charge in [-0.25, -0.2) is 28.8 Å². The third-order valence-corrected chi connectivity index (χ3v) is 9.14. The van der Waals surface area contributed by atoms with Gasteiger partial charge in [0.25, 0.3) is 0 Å². The van der Waals surface area contributed by atoms with E-state index in [9.17, 15) is 28.8 Å². The molecule has 1 aromatic rings. The molecule has 68 heavy (non-hydrogen) atoms. The van der Waals surface area contributed by atoms with E-state index in [2.05, 4.69) is 39.5 Å². The van der Waals surface area contributed by atoms with Crippen LogP contribution in [-0.2, 0) is 77.9 Å². The third-order valence-electron chi connectivity index (χ3n) is 9.14. The first-order valence-corrected chi connectivity index (χ1v) is 22.2. The molecule has 14 nitrogen and oxygen atoms in total. The zero-order valence-corrected chi connectivity index (χ0v) is 44.5. The molecule has 382 valence electrons. The van der Waals surface area contributed by atoms with Crippen LogP contribution in [0.1, 0.15) is 149 Å². The molecule has 0 radical (unpaired) electrons. The zero-order valence-electron chi connectivity index (χ0n) is 44.5. The van der Waals surface area contributed by atoms with Crippen LogP contribution in [0.3, 0.4) is 0 Å². The van der Waals surface area contributed by atoms with Crippen molar-refractivity contribution in [3.63, 3.8) is 0 Å². The first-order chi connectivity index (χ1) is 30.6. The van der Waals surface area contributed by atoms with Crippen molar-refractivity contribution in [2.24, 2.45) is 0 Å². The minimum Gasteiger partial charge on any atom is -0.456 e. The van der Waals surface area contributed by atoms with E-state index in [1.165, 1.54) is 0 Å². The Hall–Kier alpha value is -5.60. The van der Waals surface area contributed by atoms with Gasteiger partial charge in [-0.3, -0.25) is 0 Å². The van der Waals surface area contributed by atoms with Crippen molar-refractivity contribution in [1.82, 2.24) is 0 Å². The summed E-state index contributed by atoms with van der Waals surface area (Å²) in [5.74, 6) is -2.57. The number of benzene rings is 1. The smallest absolute Gasteiger partial charge is 0.333 e. The zero-order chi connectivity index (χ0) is 53.8. The van der Waals surface area contributed by atoms with Crippen LogP contribution in [0.15, 0.2) is 97.2 Å². The van der Waals surface area contributed by atoms with Crippen molar-refractivity contribution in [2.75, 3.05) is 26.4 Å². The van der Waals surface area contributed by atoms with Crippen LogP contribution in [0, 0.1) is 0 Å². The van der Waals surface area contributed by atoms with Gasteiger partial charge < -0.3 is 37.9 Å². The fourth-order valence-electron chi connectivity index (χ4n) is 4.90. The van der Waals surface area contributed by atoms with Crippen molar-refractivity contribution in [2.45, 2.75) is 171 Å². The Bertz CT molecular complexity index is 1860. The van der Waals surface area contributed by atoms with E-state index in [1.807, 2.05) is 79.7 Å². The number of hydrogen-bond acceptors (Lipinski definition) is 14. The third kappa shape index (κ3) is 27.3. The number of esters is 6. The molecule has 0 aliphatic heterocycles. The monoisotopic (exact) mass is 955 g/mol. The maximum Gasteiger partial charge on any atom is 0.333 e. The highest BCUT2D eigenvalue weighted by molar-refractivity contribution is 5.89. The van der Waals surface area contributed by atoms with E-state index in [0.717, 1.165) is 11.1 Å². The summed E-state index contributed by atoms with van der Waals surface area (Å²) in [5.41, 5.74) is -0.524. The normalized spacial score (nSPS) is 11.7. The van der Waals surface area contributed by atoms with Gasteiger partial charge in [0.2, 0.25) is 0 Å². The van der Waals surface area contributed by atoms with Gasteiger partial charge in [0.05, 0.1) is 26.4 Å². The van der Waals surface area contributed by atoms with Gasteiger partial charge in [-0.1, -0.05) is 63.7 Å². The Labute approximate surface area is 407 Å². The van der Waals surface area contributed by atoms with Gasteiger partial charge in [-0.15, -0.1) is 0 Å². The maximum atomic E-state index is 11.8. The van der Waals surface area contributed by atoms with E-state index in [4.69, 9.17) is 37.9 Å². The van der Waals surface area contributed by atoms with Crippen molar-refractivity contribution < 1.29 is 66.7 Å². The SMILES string of the molecule is C=C(C)C(=O)OC(C)(C)CCC(C)(C)OC(=O)C(=C)C.C=C(C)C(=O)OC(C)(C)COCCOCC(C)(C)OC(=O)C(=C)C.C=C(C)C(=O)OC(C)(C)c1ccc(C(C)(C)OC(=O)C(=C)C)cc1. The van der Waals surface area contributed by atoms with Crippen molar-refractivity contribution in [1.29, 1.82) is 0 Å². The molecule has 0 heterocycles. The summed E-state index contributed by atoms with van der Waals surface area (Å²) < 4.78 is 43.1. The van der Waals surface area contributed by atoms with Gasteiger partial charge in [-0.2, -0.15) is 0 Å². The number of ether oxygens (including phenoxy) is 8. The molecular formula is C54H82O14. The number of hydrogen-bond donors (Lipinski definition) is 0. The predicted octanol–water partition coefficient (Wildman–Crippen LogP) is 10.8. The molecule has 0 atom stereocenters. The molecule has 0 amide bonds. The highest BCUT2D eigenvalue weighted by atomic mass is 16.6. The average molecular weight is 955 g/mol. The lowest BCUT2D eigenvalue weighted by atomic mass is 9.92. The van der Waals surface area contributed by atoms with Crippen molar-refractivity contribution in [3.05, 3.63) is 108 Å². The molecule has 1 rings (SSSR count). The van der Waals surface area contributed by atoms with Gasteiger partial charge in [-0.05, 0) is 149 Å². The lowest BCUT2D eigenvalue weighted by Gasteiger charge is -2.31. The Morgan fingerprint density at radius 3 is 0.750 bits per heavy atom. The molecule has 0 aromatic heterocycles. The molecule has 0 unspecified atom stereocenters. The van der Waals surface area contributed by atoms with Crippen LogP contribution in [0.2, 0.25) is 0 Å². The largest absolute Gasteiger partial charge is 0.456 e. The topological polar surface area (TPSA) is 176 Å². The summed E-state index contributed by atoms with van der Waals surface area (Å²) >= 11 is 0. The summed E-state index contributed by atoms with van der Waals surface area (Å²) in [6.45, 7) is 53.7. The van der Waals surface area contributed by atoms with E-state index in [-0.39, 0.29) is 13.2 Å². The van der Waals surface area contributed by atoms with Crippen molar-refractivity contribution >= 4 is 35.8 Å². The fourth-order valence-corrected chi connectivity index (χ4v) is 4.90. The molecule has 0 aliphatic carbocycles. The number of carbonyl (C=O) groups is 6. The molecule has 1 aromatic carbocycles. The fraction of sp³-hybridized carbons (Fsp3) is 0.556. The molecule has 0 spiro atoms. The van der Waals surface area contributed by atoms with Crippen LogP contribution >= 0.6 is 0 Å². The van der Waals surface area contributed by atoms with Crippen LogP contribution < -0.4 is 0 Å². The van der Waals surface area contributed by atoms with Crippen LogP contribution in [0.4, 0.5) is 0 Å². The van der Waals surface area contributed by atoms with E-state index in [1.54, 1.807) is 69.2 Å². The molecule has 0 saturated heterocycles. The van der Waals surface area contributed by atoms with Gasteiger partial charge in [0, 0.05) is 33.4 Å². The summed E-state index contributed by atoms with van der Waals surface area (Å²) in [6.07, 6.45) is 1.14. The lowest BCUT2D eigenvalue weighted by molar-refractivity contribution is -0.161. The predicted molar refractivity (Wildman–Crippen MR) is 265 cm³/mol. The maximum absolute atomic E-state index is 11.8. The highest BCUT2D eigenvalue weighted by Gasteiger charge is 2.32. The minimum atomic E-state index is -0.785. The molecule has 0 N–H and O–H groups in total. The second-order valence-electron chi connectivity index (χ2n) is 20.3. The summed E-state index contributed by atoms with van der Waals surface area (Å²) in [7, 11) is 0. The van der Waals surface area contributed by atoms with E-state index < -0.39 is 69.4 Å².